The molecule has 0 fully saturated rings. The Morgan fingerprint density at radius 3 is 2.27 bits per heavy atom. The SMILES string of the molecule is COc1ccc(C(C)C)cc1S(=O)(=O)Nc1ccc(I)cc1. The van der Waals surface area contributed by atoms with Crippen LogP contribution >= 0.6 is 22.6 Å². The molecule has 0 bridgehead atoms. The Morgan fingerprint density at radius 1 is 1.09 bits per heavy atom. The van der Waals surface area contributed by atoms with Gasteiger partial charge in [-0.3, -0.25) is 4.72 Å². The molecule has 2 aromatic rings. The van der Waals surface area contributed by atoms with Gasteiger partial charge >= 0.3 is 0 Å². The second kappa shape index (κ2) is 6.87. The molecule has 0 spiro atoms. The first kappa shape index (κ1) is 17.1. The lowest BCUT2D eigenvalue weighted by Crippen LogP contribution is -2.14. The first-order valence-corrected chi connectivity index (χ1v) is 9.36. The Bertz CT molecular complexity index is 755. The van der Waals surface area contributed by atoms with E-state index in [4.69, 9.17) is 4.74 Å². The van der Waals surface area contributed by atoms with Crippen LogP contribution in [-0.4, -0.2) is 15.5 Å². The van der Waals surface area contributed by atoms with Crippen molar-refractivity contribution in [2.45, 2.75) is 24.7 Å². The molecule has 4 nitrogen and oxygen atoms in total. The van der Waals surface area contributed by atoms with Crippen LogP contribution in [0.25, 0.3) is 0 Å². The van der Waals surface area contributed by atoms with E-state index < -0.39 is 10.0 Å². The standard InChI is InChI=1S/C16H18INO3S/c1-11(2)12-4-9-15(21-3)16(10-12)22(19,20)18-14-7-5-13(17)6-8-14/h4-11,18H,1-3H3. The molecule has 0 saturated heterocycles. The number of rotatable bonds is 5. The maximum atomic E-state index is 12.6. The van der Waals surface area contributed by atoms with Crippen molar-refractivity contribution in [3.05, 3.63) is 51.6 Å². The van der Waals surface area contributed by atoms with Crippen molar-refractivity contribution in [1.82, 2.24) is 0 Å². The minimum absolute atomic E-state index is 0.153. The molecular weight excluding hydrogens is 413 g/mol. The predicted molar refractivity (Wildman–Crippen MR) is 97.1 cm³/mol. The van der Waals surface area contributed by atoms with Gasteiger partial charge in [0.2, 0.25) is 0 Å². The van der Waals surface area contributed by atoms with Gasteiger partial charge in [-0.25, -0.2) is 8.42 Å². The molecule has 6 heteroatoms. The molecule has 0 atom stereocenters. The molecule has 0 radical (unpaired) electrons. The van der Waals surface area contributed by atoms with E-state index in [1.54, 1.807) is 24.3 Å². The minimum atomic E-state index is -3.70. The van der Waals surface area contributed by atoms with Gasteiger partial charge in [0.15, 0.2) is 0 Å². The third-order valence-corrected chi connectivity index (χ3v) is 5.36. The number of hydrogen-bond acceptors (Lipinski definition) is 3. The lowest BCUT2D eigenvalue weighted by molar-refractivity contribution is 0.402. The van der Waals surface area contributed by atoms with Crippen molar-refractivity contribution in [3.63, 3.8) is 0 Å². The summed E-state index contributed by atoms with van der Waals surface area (Å²) in [4.78, 5) is 0.153. The fourth-order valence-electron chi connectivity index (χ4n) is 1.99. The molecule has 2 rings (SSSR count). The van der Waals surface area contributed by atoms with E-state index in [0.717, 1.165) is 9.13 Å². The third-order valence-electron chi connectivity index (χ3n) is 3.24. The number of sulfonamides is 1. The lowest BCUT2D eigenvalue weighted by atomic mass is 10.0. The van der Waals surface area contributed by atoms with Crippen LogP contribution in [0.3, 0.4) is 0 Å². The number of benzene rings is 2. The zero-order valence-corrected chi connectivity index (χ0v) is 15.6. The lowest BCUT2D eigenvalue weighted by Gasteiger charge is -2.14. The fourth-order valence-corrected chi connectivity index (χ4v) is 3.61. The van der Waals surface area contributed by atoms with Gasteiger partial charge in [-0.2, -0.15) is 0 Å². The molecule has 0 aliphatic rings. The molecule has 0 amide bonds. The quantitative estimate of drug-likeness (QED) is 0.722. The van der Waals surface area contributed by atoms with Gasteiger partial charge in [0, 0.05) is 9.26 Å². The van der Waals surface area contributed by atoms with Crippen LogP contribution in [0.5, 0.6) is 5.75 Å². The van der Waals surface area contributed by atoms with Crippen LogP contribution in [0.4, 0.5) is 5.69 Å². The molecular formula is C16H18INO3S. The van der Waals surface area contributed by atoms with E-state index in [-0.39, 0.29) is 10.8 Å². The summed E-state index contributed by atoms with van der Waals surface area (Å²) in [6, 6.07) is 12.4. The van der Waals surface area contributed by atoms with E-state index in [0.29, 0.717) is 11.4 Å². The van der Waals surface area contributed by atoms with Crippen molar-refractivity contribution >= 4 is 38.3 Å². The predicted octanol–water partition coefficient (Wildman–Crippen LogP) is 4.22. The molecule has 0 unspecified atom stereocenters. The summed E-state index contributed by atoms with van der Waals surface area (Å²) in [5.74, 6) is 0.570. The minimum Gasteiger partial charge on any atom is -0.495 e. The summed E-state index contributed by atoms with van der Waals surface area (Å²) in [5, 5.41) is 0. The smallest absolute Gasteiger partial charge is 0.265 e. The molecule has 22 heavy (non-hydrogen) atoms. The van der Waals surface area contributed by atoms with Crippen molar-refractivity contribution in [3.8, 4) is 5.75 Å². The highest BCUT2D eigenvalue weighted by Crippen LogP contribution is 2.29. The fraction of sp³-hybridized carbons (Fsp3) is 0.250. The molecule has 0 heterocycles. The average Bonchev–Trinajstić information content (AvgIpc) is 2.48. The summed E-state index contributed by atoms with van der Waals surface area (Å²) in [6.45, 7) is 4.04. The Hall–Kier alpha value is -1.28. The summed E-state index contributed by atoms with van der Waals surface area (Å²) >= 11 is 2.17. The molecule has 118 valence electrons. The Kier molecular flexibility index (Phi) is 5.33. The monoisotopic (exact) mass is 431 g/mol. The number of methoxy groups -OCH3 is 1. The molecule has 0 aromatic heterocycles. The number of halogens is 1. The Labute approximate surface area is 145 Å². The van der Waals surface area contributed by atoms with Gasteiger partial charge in [-0.15, -0.1) is 0 Å². The topological polar surface area (TPSA) is 55.4 Å². The van der Waals surface area contributed by atoms with E-state index in [1.807, 2.05) is 32.0 Å². The van der Waals surface area contributed by atoms with Gasteiger partial charge in [-0.05, 0) is 70.5 Å². The first-order chi connectivity index (χ1) is 10.3. The van der Waals surface area contributed by atoms with E-state index >= 15 is 0 Å². The maximum Gasteiger partial charge on any atom is 0.265 e. The summed E-state index contributed by atoms with van der Waals surface area (Å²) in [6.07, 6.45) is 0. The molecule has 1 N–H and O–H groups in total. The Balaban J connectivity index is 2.43. The average molecular weight is 431 g/mol. The van der Waals surface area contributed by atoms with Crippen molar-refractivity contribution in [1.29, 1.82) is 0 Å². The second-order valence-corrected chi connectivity index (χ2v) is 8.07. The first-order valence-electron chi connectivity index (χ1n) is 6.80. The van der Waals surface area contributed by atoms with Gasteiger partial charge in [0.1, 0.15) is 10.6 Å². The molecule has 0 aliphatic carbocycles. The number of anilines is 1. The van der Waals surface area contributed by atoms with Crippen LogP contribution in [0.2, 0.25) is 0 Å². The number of nitrogens with one attached hydrogen (secondary N) is 1. The van der Waals surface area contributed by atoms with E-state index in [2.05, 4.69) is 27.3 Å². The normalized spacial score (nSPS) is 11.5. The van der Waals surface area contributed by atoms with Crippen LogP contribution in [-0.2, 0) is 10.0 Å². The second-order valence-electron chi connectivity index (χ2n) is 5.18. The van der Waals surface area contributed by atoms with E-state index in [1.165, 1.54) is 7.11 Å². The van der Waals surface area contributed by atoms with Crippen LogP contribution < -0.4 is 9.46 Å². The zero-order chi connectivity index (χ0) is 16.3. The van der Waals surface area contributed by atoms with Gasteiger partial charge in [0.05, 0.1) is 7.11 Å². The van der Waals surface area contributed by atoms with Crippen LogP contribution in [0.15, 0.2) is 47.4 Å². The van der Waals surface area contributed by atoms with Crippen LogP contribution in [0, 0.1) is 3.57 Å². The highest BCUT2D eigenvalue weighted by atomic mass is 127. The van der Waals surface area contributed by atoms with Crippen LogP contribution in [0.1, 0.15) is 25.3 Å². The van der Waals surface area contributed by atoms with Gasteiger partial charge in [0.25, 0.3) is 10.0 Å². The number of hydrogen-bond donors (Lipinski definition) is 1. The molecule has 2 aromatic carbocycles. The Morgan fingerprint density at radius 2 is 1.73 bits per heavy atom. The number of ether oxygens (including phenoxy) is 1. The summed E-state index contributed by atoms with van der Waals surface area (Å²) in [7, 11) is -2.24. The van der Waals surface area contributed by atoms with Crippen molar-refractivity contribution in [2.75, 3.05) is 11.8 Å². The molecule has 0 aliphatic heterocycles. The van der Waals surface area contributed by atoms with Crippen molar-refractivity contribution in [2.24, 2.45) is 0 Å². The highest BCUT2D eigenvalue weighted by Gasteiger charge is 2.21. The highest BCUT2D eigenvalue weighted by molar-refractivity contribution is 14.1. The maximum absolute atomic E-state index is 12.6. The van der Waals surface area contributed by atoms with E-state index in [9.17, 15) is 8.42 Å². The third kappa shape index (κ3) is 3.92. The largest absolute Gasteiger partial charge is 0.495 e. The van der Waals surface area contributed by atoms with Gasteiger partial charge in [-0.1, -0.05) is 19.9 Å². The molecule has 0 saturated carbocycles. The summed E-state index contributed by atoms with van der Waals surface area (Å²) in [5.41, 5.74) is 1.47. The van der Waals surface area contributed by atoms with Gasteiger partial charge < -0.3 is 4.74 Å². The summed E-state index contributed by atoms with van der Waals surface area (Å²) < 4.78 is 34.1. The van der Waals surface area contributed by atoms with Crippen molar-refractivity contribution < 1.29 is 13.2 Å². The zero-order valence-electron chi connectivity index (χ0n) is 12.6.